The van der Waals surface area contributed by atoms with Crippen molar-refractivity contribution >= 4 is 20.7 Å². The fourth-order valence-corrected chi connectivity index (χ4v) is 7.44. The van der Waals surface area contributed by atoms with Crippen molar-refractivity contribution < 1.29 is 18.5 Å². The van der Waals surface area contributed by atoms with Crippen LogP contribution in [0.2, 0.25) is 0 Å². The van der Waals surface area contributed by atoms with Crippen molar-refractivity contribution in [2.75, 3.05) is 6.61 Å². The lowest BCUT2D eigenvalue weighted by Crippen LogP contribution is -2.49. The summed E-state index contributed by atoms with van der Waals surface area (Å²) in [6.45, 7) is 12.6. The summed E-state index contributed by atoms with van der Waals surface area (Å²) in [6, 6.07) is 2.52. The summed E-state index contributed by atoms with van der Waals surface area (Å²) in [5, 5.41) is 9.04. The molecule has 34 heavy (non-hydrogen) atoms. The van der Waals surface area contributed by atoms with Crippen LogP contribution in [0.15, 0.2) is 11.0 Å². The smallest absolute Gasteiger partial charge is 0.259 e. The predicted octanol–water partition coefficient (Wildman–Crippen LogP) is 4.48. The van der Waals surface area contributed by atoms with E-state index in [2.05, 4.69) is 50.3 Å². The Kier molecular flexibility index (Phi) is 7.39. The number of aromatic nitrogens is 2. The lowest BCUT2D eigenvalue weighted by atomic mass is 9.88. The van der Waals surface area contributed by atoms with Gasteiger partial charge in [-0.25, -0.2) is 4.67 Å². The first kappa shape index (κ1) is 25.9. The minimum Gasteiger partial charge on any atom is -0.361 e. The molecule has 4 rings (SSSR count). The van der Waals surface area contributed by atoms with E-state index in [1.165, 1.54) is 0 Å². The first-order valence-electron chi connectivity index (χ1n) is 12.0. The molecule has 1 aromatic rings. The highest BCUT2D eigenvalue weighted by Crippen LogP contribution is 2.68. The van der Waals surface area contributed by atoms with Crippen LogP contribution < -0.4 is 5.56 Å². The van der Waals surface area contributed by atoms with Crippen LogP contribution in [0.3, 0.4) is 0 Å². The molecule has 2 saturated heterocycles. The van der Waals surface area contributed by atoms with E-state index in [-0.39, 0.29) is 29.3 Å². The molecule has 1 aliphatic carbocycles. The number of H-pyrrole nitrogens is 1. The standard InChI is InChI=1S/C23H35N4O5PS/c1-7-23-18(32-33(29-12-8-11-24)27(14(2)3)15(4)5)17(30-22(23)9-10-22)20(31-23)26-13-16(6)19(28)25-21(26)34/h13-15,17-18,20H,7-10,12H2,1-6H3,(H,25,28,34)/t17-,18?,20+,23+,33?/m0/s1. The second-order valence-electron chi connectivity index (χ2n) is 9.88. The van der Waals surface area contributed by atoms with E-state index in [4.69, 9.17) is 36.0 Å². The largest absolute Gasteiger partial charge is 0.361 e. The van der Waals surface area contributed by atoms with Gasteiger partial charge < -0.3 is 18.5 Å². The maximum Gasteiger partial charge on any atom is 0.259 e. The van der Waals surface area contributed by atoms with Crippen molar-refractivity contribution in [2.24, 2.45) is 0 Å². The quantitative estimate of drug-likeness (QED) is 0.279. The van der Waals surface area contributed by atoms with Crippen LogP contribution in [0, 0.1) is 23.0 Å². The summed E-state index contributed by atoms with van der Waals surface area (Å²) in [5.74, 6) is 0. The van der Waals surface area contributed by atoms with Gasteiger partial charge in [0.2, 0.25) is 0 Å². The van der Waals surface area contributed by atoms with E-state index in [0.717, 1.165) is 12.8 Å². The summed E-state index contributed by atoms with van der Waals surface area (Å²) < 4.78 is 30.8. The molecule has 11 heteroatoms. The number of hydrogen-bond acceptors (Lipinski definition) is 8. The third-order valence-electron chi connectivity index (χ3n) is 7.02. The zero-order valence-corrected chi connectivity index (χ0v) is 22.4. The number of nitrogens with one attached hydrogen (secondary N) is 1. The number of ether oxygens (including phenoxy) is 2. The topological polar surface area (TPSA) is 102 Å². The summed E-state index contributed by atoms with van der Waals surface area (Å²) in [7, 11) is -1.47. The molecule has 1 saturated carbocycles. The van der Waals surface area contributed by atoms with Crippen molar-refractivity contribution in [1.29, 1.82) is 5.26 Å². The predicted molar refractivity (Wildman–Crippen MR) is 131 cm³/mol. The Bertz CT molecular complexity index is 1060. The Morgan fingerprint density at radius 3 is 2.59 bits per heavy atom. The Morgan fingerprint density at radius 2 is 2.03 bits per heavy atom. The third-order valence-corrected chi connectivity index (χ3v) is 9.44. The molecule has 3 fully saturated rings. The van der Waals surface area contributed by atoms with E-state index in [0.29, 0.717) is 29.8 Å². The van der Waals surface area contributed by atoms with Gasteiger partial charge in [-0.15, -0.1) is 0 Å². The second-order valence-corrected chi connectivity index (χ2v) is 11.7. The zero-order valence-electron chi connectivity index (χ0n) is 20.7. The van der Waals surface area contributed by atoms with Gasteiger partial charge in [-0.05, 0) is 66.1 Å². The lowest BCUT2D eigenvalue weighted by molar-refractivity contribution is -0.225. The summed E-state index contributed by atoms with van der Waals surface area (Å²) in [5.41, 5.74) is -0.654. The molecule has 0 radical (unpaired) electrons. The number of nitriles is 1. The Balaban J connectivity index is 1.70. The average Bonchev–Trinajstić information content (AvgIpc) is 3.42. The SMILES string of the molecule is CC[C@]12O[C@@H](n3cc(C)c(=O)[nH]c3=S)[C@@H](OC13CC3)C2OP(OCCC#N)N(C(C)C)C(C)C. The normalized spacial score (nSPS) is 29.9. The maximum atomic E-state index is 12.1. The average molecular weight is 511 g/mol. The molecule has 0 aromatic carbocycles. The van der Waals surface area contributed by atoms with E-state index in [1.54, 1.807) is 17.7 Å². The van der Waals surface area contributed by atoms with Crippen LogP contribution in [0.25, 0.3) is 0 Å². The highest BCUT2D eigenvalue weighted by molar-refractivity contribution is 7.71. The Labute approximate surface area is 207 Å². The van der Waals surface area contributed by atoms with Crippen molar-refractivity contribution in [3.63, 3.8) is 0 Å². The fourth-order valence-electron chi connectivity index (χ4n) is 5.40. The maximum absolute atomic E-state index is 12.1. The van der Waals surface area contributed by atoms with E-state index < -0.39 is 26.5 Å². The van der Waals surface area contributed by atoms with E-state index >= 15 is 0 Å². The van der Waals surface area contributed by atoms with Gasteiger partial charge in [-0.2, -0.15) is 5.26 Å². The second kappa shape index (κ2) is 9.70. The number of rotatable bonds is 10. The van der Waals surface area contributed by atoms with Crippen LogP contribution >= 0.6 is 20.7 Å². The van der Waals surface area contributed by atoms with Crippen LogP contribution in [0.1, 0.15) is 72.1 Å². The van der Waals surface area contributed by atoms with Crippen LogP contribution in [-0.2, 0) is 18.5 Å². The number of hydrogen-bond donors (Lipinski definition) is 1. The molecule has 2 unspecified atom stereocenters. The van der Waals surface area contributed by atoms with Gasteiger partial charge in [0, 0.05) is 23.8 Å². The molecule has 5 atom stereocenters. The fraction of sp³-hybridized carbons (Fsp3) is 0.783. The number of nitrogens with zero attached hydrogens (tertiary/aromatic N) is 3. The van der Waals surface area contributed by atoms with Crippen molar-refractivity contribution in [2.45, 2.75) is 109 Å². The first-order valence-corrected chi connectivity index (χ1v) is 13.6. The van der Waals surface area contributed by atoms with Gasteiger partial charge in [0.1, 0.15) is 23.4 Å². The third kappa shape index (κ3) is 4.20. The molecule has 1 spiro atoms. The van der Waals surface area contributed by atoms with Gasteiger partial charge in [-0.1, -0.05) is 6.92 Å². The van der Waals surface area contributed by atoms with Crippen LogP contribution in [0.5, 0.6) is 0 Å². The number of fused-ring (bicyclic) bond motifs is 3. The number of aryl methyl sites for hydroxylation is 1. The van der Waals surface area contributed by atoms with Gasteiger partial charge in [0.05, 0.1) is 19.1 Å². The molecule has 2 bridgehead atoms. The molecule has 9 nitrogen and oxygen atoms in total. The van der Waals surface area contributed by atoms with Gasteiger partial charge in [-0.3, -0.25) is 14.3 Å². The van der Waals surface area contributed by atoms with Crippen LogP contribution in [0.4, 0.5) is 0 Å². The van der Waals surface area contributed by atoms with E-state index in [1.807, 2.05) is 0 Å². The van der Waals surface area contributed by atoms with Gasteiger partial charge in [0.25, 0.3) is 14.1 Å². The monoisotopic (exact) mass is 510 g/mol. The minimum atomic E-state index is -1.47. The highest BCUT2D eigenvalue weighted by Gasteiger charge is 2.78. The molecular formula is C23H35N4O5PS. The van der Waals surface area contributed by atoms with Gasteiger partial charge >= 0.3 is 0 Å². The van der Waals surface area contributed by atoms with Crippen molar-refractivity contribution in [3.05, 3.63) is 26.9 Å². The number of aromatic amines is 1. The highest BCUT2D eigenvalue weighted by atomic mass is 32.1. The Morgan fingerprint density at radius 1 is 1.35 bits per heavy atom. The minimum absolute atomic E-state index is 0.188. The summed E-state index contributed by atoms with van der Waals surface area (Å²) >= 11 is 5.48. The first-order chi connectivity index (χ1) is 16.1. The van der Waals surface area contributed by atoms with Crippen LogP contribution in [-0.4, -0.2) is 56.3 Å². The summed E-state index contributed by atoms with van der Waals surface area (Å²) in [4.78, 5) is 14.8. The zero-order chi connectivity index (χ0) is 24.8. The lowest BCUT2D eigenvalue weighted by Gasteiger charge is -2.40. The molecule has 1 aromatic heterocycles. The van der Waals surface area contributed by atoms with Gasteiger partial charge in [0.15, 0.2) is 11.0 Å². The molecular weight excluding hydrogens is 475 g/mol. The van der Waals surface area contributed by atoms with E-state index in [9.17, 15) is 4.79 Å². The molecule has 3 heterocycles. The van der Waals surface area contributed by atoms with Crippen molar-refractivity contribution in [3.8, 4) is 6.07 Å². The summed E-state index contributed by atoms with van der Waals surface area (Å²) in [6.07, 6.45) is 3.31. The molecule has 3 aliphatic rings. The molecule has 188 valence electrons. The Hall–Kier alpha value is -1.18. The molecule has 0 amide bonds. The molecule has 1 N–H and O–H groups in total. The van der Waals surface area contributed by atoms with Crippen molar-refractivity contribution in [1.82, 2.24) is 14.2 Å². The molecule has 2 aliphatic heterocycles.